The van der Waals surface area contributed by atoms with Crippen molar-refractivity contribution in [1.82, 2.24) is 10.2 Å². The Kier molecular flexibility index (Phi) is 4.05. The summed E-state index contributed by atoms with van der Waals surface area (Å²) in [5.74, 6) is 0.515. The van der Waals surface area contributed by atoms with Gasteiger partial charge in [-0.05, 0) is 23.8 Å². The molecular formula is C17H17N5O. The Morgan fingerprint density at radius 1 is 1.09 bits per heavy atom. The van der Waals surface area contributed by atoms with Gasteiger partial charge in [-0.1, -0.05) is 30.3 Å². The normalized spacial score (nSPS) is 11.0. The Morgan fingerprint density at radius 3 is 2.48 bits per heavy atom. The van der Waals surface area contributed by atoms with E-state index in [2.05, 4.69) is 20.7 Å². The number of benzene rings is 2. The van der Waals surface area contributed by atoms with Crippen molar-refractivity contribution in [2.75, 3.05) is 24.4 Å². The van der Waals surface area contributed by atoms with Crippen LogP contribution >= 0.6 is 0 Å². The molecule has 0 saturated heterocycles. The van der Waals surface area contributed by atoms with Gasteiger partial charge in [0.1, 0.15) is 0 Å². The Balaban J connectivity index is 1.80. The molecule has 0 spiro atoms. The van der Waals surface area contributed by atoms with Crippen molar-refractivity contribution in [1.29, 1.82) is 0 Å². The molecule has 0 aliphatic rings. The third kappa shape index (κ3) is 3.21. The molecule has 1 heterocycles. The number of hydrazone groups is 1. The van der Waals surface area contributed by atoms with Crippen LogP contribution in [0.2, 0.25) is 0 Å². The Labute approximate surface area is 133 Å². The number of nitrogens with one attached hydrogen (secondary N) is 2. The van der Waals surface area contributed by atoms with Gasteiger partial charge in [-0.15, -0.1) is 0 Å². The van der Waals surface area contributed by atoms with Gasteiger partial charge < -0.3 is 4.90 Å². The first-order valence-corrected chi connectivity index (χ1v) is 7.19. The van der Waals surface area contributed by atoms with E-state index < -0.39 is 0 Å². The molecule has 116 valence electrons. The molecule has 2 N–H and O–H groups in total. The maximum atomic E-state index is 11.7. The number of hydrogen-bond donors (Lipinski definition) is 2. The predicted molar refractivity (Wildman–Crippen MR) is 94.3 cm³/mol. The number of anilines is 2. The van der Waals surface area contributed by atoms with Crippen molar-refractivity contribution < 1.29 is 0 Å². The first-order valence-electron chi connectivity index (χ1n) is 7.19. The van der Waals surface area contributed by atoms with Crippen molar-refractivity contribution in [3.63, 3.8) is 0 Å². The highest BCUT2D eigenvalue weighted by Gasteiger charge is 2.04. The SMILES string of the molecule is CN(C)c1ccc(/C=N/Nc2n[nH]c(=O)c3ccccc23)cc1. The monoisotopic (exact) mass is 307 g/mol. The second-order valence-corrected chi connectivity index (χ2v) is 5.30. The minimum atomic E-state index is -0.214. The van der Waals surface area contributed by atoms with Crippen LogP contribution in [0.5, 0.6) is 0 Å². The Morgan fingerprint density at radius 2 is 1.78 bits per heavy atom. The summed E-state index contributed by atoms with van der Waals surface area (Å²) in [6.45, 7) is 0. The standard InChI is InChI=1S/C17H17N5O/c1-22(2)13-9-7-12(8-10-13)11-18-19-16-14-5-3-4-6-15(14)17(23)21-20-16/h3-11H,1-2H3,(H,19,20)(H,21,23)/b18-11+. The van der Waals surface area contributed by atoms with E-state index in [0.717, 1.165) is 16.6 Å². The molecule has 0 atom stereocenters. The van der Waals surface area contributed by atoms with Crippen LogP contribution in [0.15, 0.2) is 58.4 Å². The minimum absolute atomic E-state index is 0.214. The lowest BCUT2D eigenvalue weighted by Crippen LogP contribution is -2.10. The van der Waals surface area contributed by atoms with Crippen molar-refractivity contribution >= 4 is 28.5 Å². The fourth-order valence-electron chi connectivity index (χ4n) is 2.23. The fourth-order valence-corrected chi connectivity index (χ4v) is 2.23. The zero-order valence-electron chi connectivity index (χ0n) is 12.9. The molecule has 23 heavy (non-hydrogen) atoms. The molecule has 6 nitrogen and oxygen atoms in total. The summed E-state index contributed by atoms with van der Waals surface area (Å²) in [7, 11) is 4.00. The minimum Gasteiger partial charge on any atom is -0.378 e. The third-order valence-corrected chi connectivity index (χ3v) is 3.49. The van der Waals surface area contributed by atoms with Crippen LogP contribution in [0, 0.1) is 0 Å². The van der Waals surface area contributed by atoms with Gasteiger partial charge in [0, 0.05) is 25.2 Å². The first-order chi connectivity index (χ1) is 11.1. The number of H-pyrrole nitrogens is 1. The molecule has 0 unspecified atom stereocenters. The summed E-state index contributed by atoms with van der Waals surface area (Å²) in [6.07, 6.45) is 1.71. The molecule has 0 radical (unpaired) electrons. The van der Waals surface area contributed by atoms with Gasteiger partial charge in [0.15, 0.2) is 5.82 Å². The van der Waals surface area contributed by atoms with Crippen LogP contribution in [0.4, 0.5) is 11.5 Å². The summed E-state index contributed by atoms with van der Waals surface area (Å²) in [5, 5.41) is 12.0. The fraction of sp³-hybridized carbons (Fsp3) is 0.118. The summed E-state index contributed by atoms with van der Waals surface area (Å²) in [5.41, 5.74) is 4.76. The van der Waals surface area contributed by atoms with Crippen LogP contribution in [-0.4, -0.2) is 30.5 Å². The smallest absolute Gasteiger partial charge is 0.272 e. The largest absolute Gasteiger partial charge is 0.378 e. The lowest BCUT2D eigenvalue weighted by Gasteiger charge is -2.11. The average molecular weight is 307 g/mol. The predicted octanol–water partition coefficient (Wildman–Crippen LogP) is 2.44. The van der Waals surface area contributed by atoms with Crippen LogP contribution in [0.3, 0.4) is 0 Å². The number of nitrogens with zero attached hydrogens (tertiary/aromatic N) is 3. The number of aromatic nitrogens is 2. The van der Waals surface area contributed by atoms with Gasteiger partial charge in [0.05, 0.1) is 11.6 Å². The van der Waals surface area contributed by atoms with Crippen LogP contribution in [0.1, 0.15) is 5.56 Å². The molecule has 0 aliphatic carbocycles. The average Bonchev–Trinajstić information content (AvgIpc) is 2.58. The molecule has 0 saturated carbocycles. The third-order valence-electron chi connectivity index (χ3n) is 3.49. The van der Waals surface area contributed by atoms with E-state index in [1.807, 2.05) is 61.5 Å². The summed E-state index contributed by atoms with van der Waals surface area (Å²) < 4.78 is 0. The number of aromatic amines is 1. The zero-order valence-corrected chi connectivity index (χ0v) is 12.9. The van der Waals surface area contributed by atoms with Crippen LogP contribution in [0.25, 0.3) is 10.8 Å². The topological polar surface area (TPSA) is 73.4 Å². The van der Waals surface area contributed by atoms with Gasteiger partial charge in [0.25, 0.3) is 5.56 Å². The molecule has 0 fully saturated rings. The van der Waals surface area contributed by atoms with Crippen LogP contribution < -0.4 is 15.9 Å². The molecule has 3 rings (SSSR count). The highest BCUT2D eigenvalue weighted by molar-refractivity contribution is 5.91. The van der Waals surface area contributed by atoms with Crippen molar-refractivity contribution in [3.8, 4) is 0 Å². The van der Waals surface area contributed by atoms with Gasteiger partial charge >= 0.3 is 0 Å². The summed E-state index contributed by atoms with van der Waals surface area (Å²) >= 11 is 0. The van der Waals surface area contributed by atoms with E-state index in [1.165, 1.54) is 0 Å². The maximum Gasteiger partial charge on any atom is 0.272 e. The van der Waals surface area contributed by atoms with E-state index >= 15 is 0 Å². The molecular weight excluding hydrogens is 290 g/mol. The first kappa shape index (κ1) is 14.8. The quantitative estimate of drug-likeness (QED) is 0.573. The van der Waals surface area contributed by atoms with E-state index in [4.69, 9.17) is 0 Å². The van der Waals surface area contributed by atoms with E-state index in [9.17, 15) is 4.79 Å². The maximum absolute atomic E-state index is 11.7. The Hall–Kier alpha value is -3.15. The van der Waals surface area contributed by atoms with Crippen molar-refractivity contribution in [2.45, 2.75) is 0 Å². The van der Waals surface area contributed by atoms with Gasteiger partial charge in [-0.2, -0.15) is 10.2 Å². The Bertz CT molecular complexity index is 897. The zero-order chi connectivity index (χ0) is 16.2. The highest BCUT2D eigenvalue weighted by atomic mass is 16.1. The second kappa shape index (κ2) is 6.31. The molecule has 6 heteroatoms. The molecule has 0 aliphatic heterocycles. The van der Waals surface area contributed by atoms with Crippen molar-refractivity contribution in [2.24, 2.45) is 5.10 Å². The molecule has 0 amide bonds. The molecule has 2 aromatic carbocycles. The summed E-state index contributed by atoms with van der Waals surface area (Å²) in [4.78, 5) is 13.8. The lowest BCUT2D eigenvalue weighted by atomic mass is 10.2. The number of fused-ring (bicyclic) bond motifs is 1. The lowest BCUT2D eigenvalue weighted by molar-refractivity contribution is 1.00. The summed E-state index contributed by atoms with van der Waals surface area (Å²) in [6, 6.07) is 15.3. The van der Waals surface area contributed by atoms with E-state index in [1.54, 1.807) is 12.3 Å². The van der Waals surface area contributed by atoms with Gasteiger partial charge in [0.2, 0.25) is 0 Å². The van der Waals surface area contributed by atoms with Crippen LogP contribution in [-0.2, 0) is 0 Å². The van der Waals surface area contributed by atoms with Gasteiger partial charge in [-0.3, -0.25) is 10.2 Å². The second-order valence-electron chi connectivity index (χ2n) is 5.30. The van der Waals surface area contributed by atoms with E-state index in [0.29, 0.717) is 11.2 Å². The van der Waals surface area contributed by atoms with E-state index in [-0.39, 0.29) is 5.56 Å². The molecule has 1 aromatic heterocycles. The van der Waals surface area contributed by atoms with Gasteiger partial charge in [-0.25, -0.2) is 5.10 Å². The molecule has 0 bridgehead atoms. The number of rotatable bonds is 4. The molecule has 3 aromatic rings. The highest BCUT2D eigenvalue weighted by Crippen LogP contribution is 2.16. The van der Waals surface area contributed by atoms with Crippen molar-refractivity contribution in [3.05, 3.63) is 64.4 Å². The number of hydrogen-bond acceptors (Lipinski definition) is 5.